The van der Waals surface area contributed by atoms with Crippen molar-refractivity contribution < 1.29 is 13.9 Å². The Kier molecular flexibility index (Phi) is 3.30. The molecule has 3 nitrogen and oxygen atoms in total. The van der Waals surface area contributed by atoms with Crippen LogP contribution in [0.25, 0.3) is 0 Å². The number of carbonyl (C=O) groups is 1. The first-order chi connectivity index (χ1) is 6.25. The van der Waals surface area contributed by atoms with E-state index < -0.39 is 6.09 Å². The van der Waals surface area contributed by atoms with Gasteiger partial charge in [0.25, 0.3) is 0 Å². The third-order valence-corrected chi connectivity index (χ3v) is 1.92. The summed E-state index contributed by atoms with van der Waals surface area (Å²) in [6.07, 6.45) is -0.450. The monoisotopic (exact) mass is 217 g/mol. The normalized spacial score (nSPS) is 19.5. The van der Waals surface area contributed by atoms with Gasteiger partial charge < -0.3 is 10.1 Å². The number of alkyl carbamates (subject to hydrolysis) is 1. The third kappa shape index (κ3) is 2.14. The second kappa shape index (κ2) is 4.28. The summed E-state index contributed by atoms with van der Waals surface area (Å²) in [5, 5.41) is 2.57. The number of cyclic esters (lactones) is 1. The lowest BCUT2D eigenvalue weighted by molar-refractivity contribution is 0.177. The van der Waals surface area contributed by atoms with Crippen LogP contribution in [0.1, 0.15) is 11.6 Å². The van der Waals surface area contributed by atoms with E-state index in [0.29, 0.717) is 0 Å². The van der Waals surface area contributed by atoms with Gasteiger partial charge in [-0.3, -0.25) is 0 Å². The number of hydrogen-bond donors (Lipinski definition) is 1. The van der Waals surface area contributed by atoms with Crippen molar-refractivity contribution in [1.82, 2.24) is 5.32 Å². The van der Waals surface area contributed by atoms with Crippen LogP contribution in [-0.2, 0) is 4.74 Å². The van der Waals surface area contributed by atoms with E-state index in [1.54, 1.807) is 12.1 Å². The zero-order valence-electron chi connectivity index (χ0n) is 7.20. The molecule has 76 valence electrons. The van der Waals surface area contributed by atoms with Crippen molar-refractivity contribution in [2.45, 2.75) is 6.04 Å². The van der Waals surface area contributed by atoms with Gasteiger partial charge in [0, 0.05) is 0 Å². The highest BCUT2D eigenvalue weighted by Crippen LogP contribution is 2.18. The van der Waals surface area contributed by atoms with E-state index in [4.69, 9.17) is 0 Å². The maximum Gasteiger partial charge on any atom is 0.407 e. The van der Waals surface area contributed by atoms with Crippen LogP contribution in [0, 0.1) is 5.82 Å². The molecule has 1 aromatic carbocycles. The van der Waals surface area contributed by atoms with Gasteiger partial charge in [-0.1, -0.05) is 12.1 Å². The van der Waals surface area contributed by atoms with Crippen molar-refractivity contribution in [2.75, 3.05) is 6.61 Å². The summed E-state index contributed by atoms with van der Waals surface area (Å²) in [4.78, 5) is 10.7. The SMILES string of the molecule is Cl.O=C1N[C@@H](c2cccc(F)c2)CO1. The third-order valence-electron chi connectivity index (χ3n) is 1.92. The number of halogens is 2. The number of hydrogen-bond acceptors (Lipinski definition) is 2. The first-order valence-corrected chi connectivity index (χ1v) is 3.94. The fraction of sp³-hybridized carbons (Fsp3) is 0.222. The minimum Gasteiger partial charge on any atom is -0.447 e. The first kappa shape index (κ1) is 10.8. The smallest absolute Gasteiger partial charge is 0.407 e. The minimum absolute atomic E-state index is 0. The second-order valence-electron chi connectivity index (χ2n) is 2.85. The van der Waals surface area contributed by atoms with Crippen LogP contribution in [0.4, 0.5) is 9.18 Å². The molecule has 1 heterocycles. The van der Waals surface area contributed by atoms with E-state index in [0.717, 1.165) is 5.56 Å². The Labute approximate surface area is 86.7 Å². The molecule has 0 bridgehead atoms. The predicted octanol–water partition coefficient (Wildman–Crippen LogP) is 2.03. The maximum atomic E-state index is 12.8. The van der Waals surface area contributed by atoms with Gasteiger partial charge in [0.2, 0.25) is 0 Å². The number of benzene rings is 1. The molecule has 1 atom stereocenters. The molecule has 1 amide bonds. The molecule has 0 aromatic heterocycles. The highest BCUT2D eigenvalue weighted by molar-refractivity contribution is 5.85. The fourth-order valence-electron chi connectivity index (χ4n) is 1.29. The Hall–Kier alpha value is -1.29. The number of ether oxygens (including phenoxy) is 1. The molecule has 0 radical (unpaired) electrons. The summed E-state index contributed by atoms with van der Waals surface area (Å²) < 4.78 is 17.5. The highest BCUT2D eigenvalue weighted by Gasteiger charge is 2.23. The summed E-state index contributed by atoms with van der Waals surface area (Å²) in [6, 6.07) is 5.89. The Morgan fingerprint density at radius 2 is 2.29 bits per heavy atom. The molecule has 2 rings (SSSR count). The van der Waals surface area contributed by atoms with Crippen molar-refractivity contribution in [1.29, 1.82) is 0 Å². The zero-order valence-corrected chi connectivity index (χ0v) is 8.01. The Morgan fingerprint density at radius 3 is 2.86 bits per heavy atom. The summed E-state index contributed by atoms with van der Waals surface area (Å²) in [7, 11) is 0. The van der Waals surface area contributed by atoms with Crippen molar-refractivity contribution in [3.63, 3.8) is 0 Å². The van der Waals surface area contributed by atoms with Gasteiger partial charge in [-0.05, 0) is 17.7 Å². The second-order valence-corrected chi connectivity index (χ2v) is 2.85. The summed E-state index contributed by atoms with van der Waals surface area (Å²) in [6.45, 7) is 0.266. The summed E-state index contributed by atoms with van der Waals surface area (Å²) >= 11 is 0. The van der Waals surface area contributed by atoms with E-state index in [9.17, 15) is 9.18 Å². The van der Waals surface area contributed by atoms with Gasteiger partial charge in [-0.25, -0.2) is 9.18 Å². The number of nitrogens with one attached hydrogen (secondary N) is 1. The molecule has 0 saturated carbocycles. The largest absolute Gasteiger partial charge is 0.447 e. The molecule has 1 aromatic rings. The standard InChI is InChI=1S/C9H8FNO2.ClH/c10-7-3-1-2-6(4-7)8-5-13-9(12)11-8;/h1-4,8H,5H2,(H,11,12);1H/t8-;/m1./s1. The van der Waals surface area contributed by atoms with Gasteiger partial charge in [-0.15, -0.1) is 12.4 Å². The van der Waals surface area contributed by atoms with Gasteiger partial charge >= 0.3 is 6.09 Å². The van der Waals surface area contributed by atoms with Crippen LogP contribution >= 0.6 is 12.4 Å². The van der Waals surface area contributed by atoms with Crippen LogP contribution in [0.3, 0.4) is 0 Å². The molecule has 0 spiro atoms. The molecule has 1 N–H and O–H groups in total. The topological polar surface area (TPSA) is 38.3 Å². The highest BCUT2D eigenvalue weighted by atomic mass is 35.5. The molecule has 5 heteroatoms. The Balaban J connectivity index is 0.000000980. The van der Waals surface area contributed by atoms with Crippen LogP contribution < -0.4 is 5.32 Å². The molecule has 1 saturated heterocycles. The van der Waals surface area contributed by atoms with E-state index in [2.05, 4.69) is 10.1 Å². The van der Waals surface area contributed by atoms with Gasteiger partial charge in [0.1, 0.15) is 12.4 Å². The summed E-state index contributed by atoms with van der Waals surface area (Å²) in [5.41, 5.74) is 0.728. The number of amides is 1. The lowest BCUT2D eigenvalue weighted by Gasteiger charge is -2.06. The molecule has 0 aliphatic carbocycles. The first-order valence-electron chi connectivity index (χ1n) is 3.94. The average Bonchev–Trinajstić information content (AvgIpc) is 2.52. The predicted molar refractivity (Wildman–Crippen MR) is 50.9 cm³/mol. The zero-order chi connectivity index (χ0) is 9.26. The Morgan fingerprint density at radius 1 is 1.50 bits per heavy atom. The number of rotatable bonds is 1. The van der Waals surface area contributed by atoms with Crippen molar-refractivity contribution >= 4 is 18.5 Å². The lowest BCUT2D eigenvalue weighted by Crippen LogP contribution is -2.18. The van der Waals surface area contributed by atoms with Crippen molar-refractivity contribution in [3.8, 4) is 0 Å². The molecular formula is C9H9ClFNO2. The minimum atomic E-state index is -0.450. The van der Waals surface area contributed by atoms with Crippen LogP contribution in [0.15, 0.2) is 24.3 Å². The quantitative estimate of drug-likeness (QED) is 0.782. The van der Waals surface area contributed by atoms with Gasteiger partial charge in [0.05, 0.1) is 6.04 Å². The fourth-order valence-corrected chi connectivity index (χ4v) is 1.29. The maximum absolute atomic E-state index is 12.8. The van der Waals surface area contributed by atoms with E-state index in [1.165, 1.54) is 12.1 Å². The molecule has 1 fully saturated rings. The van der Waals surface area contributed by atoms with Gasteiger partial charge in [0.15, 0.2) is 0 Å². The van der Waals surface area contributed by atoms with Gasteiger partial charge in [-0.2, -0.15) is 0 Å². The molecular weight excluding hydrogens is 209 g/mol. The van der Waals surface area contributed by atoms with Crippen LogP contribution in [-0.4, -0.2) is 12.7 Å². The Bertz CT molecular complexity index is 345. The average molecular weight is 218 g/mol. The molecule has 14 heavy (non-hydrogen) atoms. The van der Waals surface area contributed by atoms with E-state index in [1.807, 2.05) is 0 Å². The molecule has 1 aliphatic heterocycles. The van der Waals surface area contributed by atoms with E-state index >= 15 is 0 Å². The van der Waals surface area contributed by atoms with E-state index in [-0.39, 0.29) is 30.9 Å². The van der Waals surface area contributed by atoms with Crippen LogP contribution in [0.2, 0.25) is 0 Å². The number of carbonyl (C=O) groups excluding carboxylic acids is 1. The van der Waals surface area contributed by atoms with Crippen molar-refractivity contribution in [2.24, 2.45) is 0 Å². The molecule has 1 aliphatic rings. The lowest BCUT2D eigenvalue weighted by atomic mass is 10.1. The molecule has 0 unspecified atom stereocenters. The van der Waals surface area contributed by atoms with Crippen molar-refractivity contribution in [3.05, 3.63) is 35.6 Å². The summed E-state index contributed by atoms with van der Waals surface area (Å²) in [5.74, 6) is -0.307. The van der Waals surface area contributed by atoms with Crippen LogP contribution in [0.5, 0.6) is 0 Å².